The van der Waals surface area contributed by atoms with Crippen LogP contribution in [-0.2, 0) is 21.1 Å². The molecule has 0 radical (unpaired) electrons. The molecule has 1 heterocycles. The van der Waals surface area contributed by atoms with E-state index in [2.05, 4.69) is 0 Å². The second-order valence-electron chi connectivity index (χ2n) is 5.94. The molecule has 0 spiro atoms. The smallest absolute Gasteiger partial charge is 0.227 e. The summed E-state index contributed by atoms with van der Waals surface area (Å²) in [5.41, 5.74) is 0.857. The zero-order valence-electron chi connectivity index (χ0n) is 13.7. The number of likely N-dealkylation sites (tertiary alicyclic amines) is 1. The first kappa shape index (κ1) is 17.8. The van der Waals surface area contributed by atoms with Gasteiger partial charge in [0.25, 0.3) is 0 Å². The summed E-state index contributed by atoms with van der Waals surface area (Å²) in [5.74, 6) is 0.524. The Balaban J connectivity index is 1.60. The maximum Gasteiger partial charge on any atom is 0.227 e. The summed E-state index contributed by atoms with van der Waals surface area (Å²) in [5, 5.41) is 0.0564. The molecule has 2 aromatic rings. The fourth-order valence-electron chi connectivity index (χ4n) is 2.68. The van der Waals surface area contributed by atoms with Gasteiger partial charge in [0.1, 0.15) is 11.0 Å². The van der Waals surface area contributed by atoms with Gasteiger partial charge in [-0.05, 0) is 42.0 Å². The number of carbonyl (C=O) groups is 1. The Hall–Kier alpha value is -2.05. The van der Waals surface area contributed by atoms with E-state index in [4.69, 9.17) is 16.3 Å². The topological polar surface area (TPSA) is 63.7 Å². The molecule has 0 aliphatic carbocycles. The number of amides is 1. The van der Waals surface area contributed by atoms with Crippen LogP contribution in [-0.4, -0.2) is 44.7 Å². The van der Waals surface area contributed by atoms with Gasteiger partial charge in [-0.25, -0.2) is 8.42 Å². The maximum atomic E-state index is 12.6. The number of benzene rings is 2. The number of halogens is 1. The normalized spacial score (nSPS) is 14.9. The number of hydrogen-bond acceptors (Lipinski definition) is 4. The molecule has 132 valence electrons. The van der Waals surface area contributed by atoms with Gasteiger partial charge in [-0.2, -0.15) is 0 Å². The van der Waals surface area contributed by atoms with Crippen LogP contribution in [0, 0.1) is 0 Å². The molecule has 1 aliphatic heterocycles. The van der Waals surface area contributed by atoms with Crippen LogP contribution in [0.1, 0.15) is 5.56 Å². The minimum Gasteiger partial charge on any atom is -0.497 e. The van der Waals surface area contributed by atoms with Gasteiger partial charge in [0.2, 0.25) is 5.91 Å². The molecule has 0 unspecified atom stereocenters. The fourth-order valence-corrected chi connectivity index (χ4v) is 4.46. The van der Waals surface area contributed by atoms with E-state index in [0.29, 0.717) is 10.8 Å². The third kappa shape index (κ3) is 3.80. The molecule has 0 aromatic heterocycles. The number of nitrogens with zero attached hydrogens (tertiary/aromatic N) is 1. The Morgan fingerprint density at radius 2 is 1.72 bits per heavy atom. The summed E-state index contributed by atoms with van der Waals surface area (Å²) < 4.78 is 30.2. The van der Waals surface area contributed by atoms with Crippen molar-refractivity contribution in [3.8, 4) is 5.75 Å². The van der Waals surface area contributed by atoms with Gasteiger partial charge in [0.15, 0.2) is 9.84 Å². The van der Waals surface area contributed by atoms with Crippen molar-refractivity contribution in [1.29, 1.82) is 0 Å². The van der Waals surface area contributed by atoms with Crippen LogP contribution in [0.4, 0.5) is 0 Å². The van der Waals surface area contributed by atoms with E-state index in [-0.39, 0.29) is 30.3 Å². The SMILES string of the molecule is COc1ccc(S(=O)(=O)C2CN(C(=O)Cc3ccc(Cl)cc3)C2)cc1. The Kier molecular flexibility index (Phi) is 5.01. The molecule has 25 heavy (non-hydrogen) atoms. The fraction of sp³-hybridized carbons (Fsp3) is 0.278. The quantitative estimate of drug-likeness (QED) is 0.801. The predicted octanol–water partition coefficient (Wildman–Crippen LogP) is 2.58. The van der Waals surface area contributed by atoms with Crippen molar-refractivity contribution in [2.75, 3.05) is 20.2 Å². The average molecular weight is 380 g/mol. The zero-order chi connectivity index (χ0) is 18.0. The summed E-state index contributed by atoms with van der Waals surface area (Å²) in [4.78, 5) is 14.1. The molecular weight excluding hydrogens is 362 g/mol. The van der Waals surface area contributed by atoms with Gasteiger partial charge in [-0.3, -0.25) is 4.79 Å². The number of carbonyl (C=O) groups excluding carboxylic acids is 1. The molecule has 1 saturated heterocycles. The number of methoxy groups -OCH3 is 1. The Morgan fingerprint density at radius 1 is 1.12 bits per heavy atom. The summed E-state index contributed by atoms with van der Waals surface area (Å²) in [7, 11) is -1.91. The predicted molar refractivity (Wildman–Crippen MR) is 95.7 cm³/mol. The number of hydrogen-bond donors (Lipinski definition) is 0. The molecule has 1 aliphatic rings. The molecular formula is C18H18ClNO4S. The van der Waals surface area contributed by atoms with Crippen molar-refractivity contribution < 1.29 is 17.9 Å². The van der Waals surface area contributed by atoms with Crippen molar-refractivity contribution in [1.82, 2.24) is 4.90 Å². The van der Waals surface area contributed by atoms with Crippen molar-refractivity contribution in [2.45, 2.75) is 16.6 Å². The molecule has 0 N–H and O–H groups in total. The summed E-state index contributed by atoms with van der Waals surface area (Å²) in [6.07, 6.45) is 0.243. The Bertz CT molecular complexity index is 857. The van der Waals surface area contributed by atoms with E-state index in [0.717, 1.165) is 5.56 Å². The Labute approximate surface area is 152 Å². The highest BCUT2D eigenvalue weighted by Crippen LogP contribution is 2.26. The highest BCUT2D eigenvalue weighted by atomic mass is 35.5. The summed E-state index contributed by atoms with van der Waals surface area (Å²) in [6.45, 7) is 0.446. The molecule has 2 aromatic carbocycles. The first-order chi connectivity index (χ1) is 11.9. The monoisotopic (exact) mass is 379 g/mol. The third-order valence-corrected chi connectivity index (χ3v) is 6.65. The highest BCUT2D eigenvalue weighted by molar-refractivity contribution is 7.92. The van der Waals surface area contributed by atoms with E-state index in [1.807, 2.05) is 0 Å². The van der Waals surface area contributed by atoms with E-state index >= 15 is 0 Å². The number of rotatable bonds is 5. The summed E-state index contributed by atoms with van der Waals surface area (Å²) >= 11 is 5.83. The minimum atomic E-state index is -3.44. The van der Waals surface area contributed by atoms with Gasteiger partial charge < -0.3 is 9.64 Å². The largest absolute Gasteiger partial charge is 0.497 e. The second kappa shape index (κ2) is 7.06. The maximum absolute atomic E-state index is 12.6. The second-order valence-corrected chi connectivity index (χ2v) is 8.61. The average Bonchev–Trinajstić information content (AvgIpc) is 2.55. The molecule has 0 saturated carbocycles. The number of sulfone groups is 1. The van der Waals surface area contributed by atoms with Gasteiger partial charge >= 0.3 is 0 Å². The van der Waals surface area contributed by atoms with Gasteiger partial charge in [0.05, 0.1) is 18.4 Å². The van der Waals surface area contributed by atoms with Crippen LogP contribution in [0.5, 0.6) is 5.75 Å². The van der Waals surface area contributed by atoms with Crippen molar-refractivity contribution in [2.24, 2.45) is 0 Å². The highest BCUT2D eigenvalue weighted by Gasteiger charge is 2.40. The lowest BCUT2D eigenvalue weighted by molar-refractivity contribution is -0.133. The lowest BCUT2D eigenvalue weighted by atomic mass is 10.1. The van der Waals surface area contributed by atoms with Gasteiger partial charge in [-0.1, -0.05) is 23.7 Å². The lowest BCUT2D eigenvalue weighted by Crippen LogP contribution is -2.57. The zero-order valence-corrected chi connectivity index (χ0v) is 15.3. The molecule has 7 heteroatoms. The molecule has 1 amide bonds. The van der Waals surface area contributed by atoms with Crippen LogP contribution in [0.15, 0.2) is 53.4 Å². The van der Waals surface area contributed by atoms with Crippen LogP contribution >= 0.6 is 11.6 Å². The third-order valence-electron chi connectivity index (χ3n) is 4.30. The van der Waals surface area contributed by atoms with Gasteiger partial charge in [0, 0.05) is 18.1 Å². The minimum absolute atomic E-state index is 0.0801. The van der Waals surface area contributed by atoms with Crippen LogP contribution in [0.25, 0.3) is 0 Å². The molecule has 3 rings (SSSR count). The standard InChI is InChI=1S/C18H18ClNO4S/c1-24-15-6-8-16(9-7-15)25(22,23)17-11-20(12-17)18(21)10-13-2-4-14(19)5-3-13/h2-9,17H,10-12H2,1H3. The first-order valence-electron chi connectivity index (χ1n) is 7.80. The van der Waals surface area contributed by atoms with Crippen LogP contribution in [0.2, 0.25) is 5.02 Å². The van der Waals surface area contributed by atoms with Crippen molar-refractivity contribution >= 4 is 27.3 Å². The van der Waals surface area contributed by atoms with E-state index < -0.39 is 15.1 Å². The van der Waals surface area contributed by atoms with Gasteiger partial charge in [-0.15, -0.1) is 0 Å². The van der Waals surface area contributed by atoms with Crippen LogP contribution in [0.3, 0.4) is 0 Å². The summed E-state index contributed by atoms with van der Waals surface area (Å²) in [6, 6.07) is 13.4. The Morgan fingerprint density at radius 3 is 2.28 bits per heavy atom. The molecule has 5 nitrogen and oxygen atoms in total. The van der Waals surface area contributed by atoms with Crippen LogP contribution < -0.4 is 4.74 Å². The molecule has 0 bridgehead atoms. The first-order valence-corrected chi connectivity index (χ1v) is 9.73. The van der Waals surface area contributed by atoms with E-state index in [9.17, 15) is 13.2 Å². The molecule has 1 fully saturated rings. The molecule has 0 atom stereocenters. The van der Waals surface area contributed by atoms with Crippen molar-refractivity contribution in [3.05, 3.63) is 59.1 Å². The lowest BCUT2D eigenvalue weighted by Gasteiger charge is -2.38. The van der Waals surface area contributed by atoms with Crippen molar-refractivity contribution in [3.63, 3.8) is 0 Å². The van der Waals surface area contributed by atoms with E-state index in [1.165, 1.54) is 19.2 Å². The van der Waals surface area contributed by atoms with E-state index in [1.54, 1.807) is 41.3 Å². The number of ether oxygens (including phenoxy) is 1.